The van der Waals surface area contributed by atoms with Crippen LogP contribution >= 0.6 is 15.9 Å². The Labute approximate surface area is 128 Å². The smallest absolute Gasteiger partial charge is 0.224 e. The van der Waals surface area contributed by atoms with E-state index < -0.39 is 0 Å². The van der Waals surface area contributed by atoms with Crippen LogP contribution in [0.15, 0.2) is 10.7 Å². The van der Waals surface area contributed by atoms with Gasteiger partial charge < -0.3 is 10.2 Å². The van der Waals surface area contributed by atoms with Crippen molar-refractivity contribution in [3.8, 4) is 0 Å². The van der Waals surface area contributed by atoms with Crippen LogP contribution in [0.25, 0.3) is 0 Å². The lowest BCUT2D eigenvalue weighted by molar-refractivity contribution is 0.247. The number of piperazine rings is 1. The zero-order chi connectivity index (χ0) is 13.9. The highest BCUT2D eigenvalue weighted by Gasteiger charge is 2.27. The normalized spacial score (nSPS) is 20.2. The summed E-state index contributed by atoms with van der Waals surface area (Å²) in [7, 11) is 0. The van der Waals surface area contributed by atoms with E-state index in [1.807, 2.05) is 6.20 Å². The molecule has 1 N–H and O–H groups in total. The molecule has 1 aromatic rings. The van der Waals surface area contributed by atoms with E-state index in [1.54, 1.807) is 0 Å². The second-order valence-corrected chi connectivity index (χ2v) is 6.48. The van der Waals surface area contributed by atoms with Crippen molar-refractivity contribution in [3.05, 3.63) is 10.7 Å². The Morgan fingerprint density at radius 3 is 2.70 bits per heavy atom. The number of rotatable bonds is 5. The van der Waals surface area contributed by atoms with Gasteiger partial charge in [0, 0.05) is 45.5 Å². The van der Waals surface area contributed by atoms with Gasteiger partial charge in [-0.05, 0) is 41.6 Å². The van der Waals surface area contributed by atoms with Crippen molar-refractivity contribution in [2.75, 3.05) is 49.5 Å². The van der Waals surface area contributed by atoms with Crippen molar-refractivity contribution in [1.29, 1.82) is 0 Å². The topological polar surface area (TPSA) is 44.3 Å². The number of hydrogen-bond acceptors (Lipinski definition) is 5. The van der Waals surface area contributed by atoms with Crippen LogP contribution in [0.5, 0.6) is 0 Å². The van der Waals surface area contributed by atoms with Crippen LogP contribution in [0.1, 0.15) is 19.8 Å². The SMILES string of the molecule is CCNc1ncc(Br)c(N2CCN(CC3CC3)CC2)n1. The van der Waals surface area contributed by atoms with Gasteiger partial charge in [0.15, 0.2) is 0 Å². The molecule has 0 amide bonds. The van der Waals surface area contributed by atoms with Crippen LogP contribution < -0.4 is 10.2 Å². The fourth-order valence-corrected chi connectivity index (χ4v) is 3.07. The average Bonchev–Trinajstić information content (AvgIpc) is 3.26. The third-order valence-electron chi connectivity index (χ3n) is 3.95. The molecule has 0 aromatic carbocycles. The molecule has 2 fully saturated rings. The van der Waals surface area contributed by atoms with E-state index in [9.17, 15) is 0 Å². The maximum atomic E-state index is 4.62. The molecular weight excluding hydrogens is 318 g/mol. The maximum absolute atomic E-state index is 4.62. The lowest BCUT2D eigenvalue weighted by Crippen LogP contribution is -2.47. The summed E-state index contributed by atoms with van der Waals surface area (Å²) in [5, 5.41) is 3.18. The molecule has 0 bridgehead atoms. The number of nitrogens with zero attached hydrogens (tertiary/aromatic N) is 4. The molecule has 0 unspecified atom stereocenters. The van der Waals surface area contributed by atoms with Crippen molar-refractivity contribution in [2.24, 2.45) is 5.92 Å². The van der Waals surface area contributed by atoms with E-state index in [1.165, 1.54) is 19.4 Å². The summed E-state index contributed by atoms with van der Waals surface area (Å²) in [5.41, 5.74) is 0. The van der Waals surface area contributed by atoms with E-state index in [2.05, 4.69) is 47.9 Å². The highest BCUT2D eigenvalue weighted by atomic mass is 79.9. The fraction of sp³-hybridized carbons (Fsp3) is 0.714. The maximum Gasteiger partial charge on any atom is 0.224 e. The van der Waals surface area contributed by atoms with Crippen LogP contribution in [-0.4, -0.2) is 54.1 Å². The lowest BCUT2D eigenvalue weighted by atomic mass is 10.3. The highest BCUT2D eigenvalue weighted by molar-refractivity contribution is 9.10. The molecule has 1 saturated carbocycles. The second-order valence-electron chi connectivity index (χ2n) is 5.63. The number of nitrogens with one attached hydrogen (secondary N) is 1. The summed E-state index contributed by atoms with van der Waals surface area (Å²) < 4.78 is 0.981. The first-order valence-corrected chi connectivity index (χ1v) is 8.29. The Morgan fingerprint density at radius 2 is 2.05 bits per heavy atom. The van der Waals surface area contributed by atoms with Crippen molar-refractivity contribution in [3.63, 3.8) is 0 Å². The minimum Gasteiger partial charge on any atom is -0.354 e. The lowest BCUT2D eigenvalue weighted by Gasteiger charge is -2.35. The van der Waals surface area contributed by atoms with E-state index in [4.69, 9.17) is 0 Å². The Balaban J connectivity index is 1.62. The molecule has 0 atom stereocenters. The molecule has 1 aliphatic carbocycles. The van der Waals surface area contributed by atoms with E-state index >= 15 is 0 Å². The minimum absolute atomic E-state index is 0.714. The zero-order valence-electron chi connectivity index (χ0n) is 12.0. The third-order valence-corrected chi connectivity index (χ3v) is 4.51. The van der Waals surface area contributed by atoms with Crippen molar-refractivity contribution < 1.29 is 0 Å². The first-order valence-electron chi connectivity index (χ1n) is 7.50. The highest BCUT2D eigenvalue weighted by Crippen LogP contribution is 2.30. The van der Waals surface area contributed by atoms with E-state index in [-0.39, 0.29) is 0 Å². The van der Waals surface area contributed by atoms with Gasteiger partial charge in [-0.1, -0.05) is 0 Å². The van der Waals surface area contributed by atoms with Crippen LogP contribution in [0, 0.1) is 5.92 Å². The Hall–Kier alpha value is -0.880. The molecule has 20 heavy (non-hydrogen) atoms. The molecule has 5 nitrogen and oxygen atoms in total. The first-order chi connectivity index (χ1) is 9.76. The standard InChI is InChI=1S/C14H22BrN5/c1-2-16-14-17-9-12(15)13(18-14)20-7-5-19(6-8-20)10-11-3-4-11/h9,11H,2-8,10H2,1H3,(H,16,17,18). The Bertz CT molecular complexity index is 455. The monoisotopic (exact) mass is 339 g/mol. The number of anilines is 2. The summed E-state index contributed by atoms with van der Waals surface area (Å²) in [6.45, 7) is 8.58. The van der Waals surface area contributed by atoms with Crippen LogP contribution in [-0.2, 0) is 0 Å². The quantitative estimate of drug-likeness (QED) is 0.890. The van der Waals surface area contributed by atoms with Crippen molar-refractivity contribution >= 4 is 27.7 Å². The fourth-order valence-electron chi connectivity index (χ4n) is 2.63. The number of aromatic nitrogens is 2. The Morgan fingerprint density at radius 1 is 1.30 bits per heavy atom. The predicted molar refractivity (Wildman–Crippen MR) is 85.3 cm³/mol. The molecule has 6 heteroatoms. The van der Waals surface area contributed by atoms with Gasteiger partial charge in [-0.2, -0.15) is 4.98 Å². The van der Waals surface area contributed by atoms with Gasteiger partial charge in [0.1, 0.15) is 5.82 Å². The van der Waals surface area contributed by atoms with Gasteiger partial charge >= 0.3 is 0 Å². The first kappa shape index (κ1) is 14.1. The molecule has 2 aliphatic rings. The molecule has 0 spiro atoms. The van der Waals surface area contributed by atoms with Crippen LogP contribution in [0.3, 0.4) is 0 Å². The minimum atomic E-state index is 0.714. The van der Waals surface area contributed by atoms with Gasteiger partial charge in [0.25, 0.3) is 0 Å². The van der Waals surface area contributed by atoms with Gasteiger partial charge in [-0.25, -0.2) is 4.98 Å². The van der Waals surface area contributed by atoms with Crippen LogP contribution in [0.4, 0.5) is 11.8 Å². The summed E-state index contributed by atoms with van der Waals surface area (Å²) in [5.74, 6) is 2.71. The molecule has 1 saturated heterocycles. The molecule has 3 rings (SSSR count). The molecular formula is C14H22BrN5. The van der Waals surface area contributed by atoms with Gasteiger partial charge in [0.2, 0.25) is 5.95 Å². The van der Waals surface area contributed by atoms with Gasteiger partial charge in [-0.3, -0.25) is 4.90 Å². The van der Waals surface area contributed by atoms with E-state index in [0.717, 1.165) is 48.9 Å². The third kappa shape index (κ3) is 3.41. The summed E-state index contributed by atoms with van der Waals surface area (Å²) in [4.78, 5) is 13.9. The largest absolute Gasteiger partial charge is 0.354 e. The van der Waals surface area contributed by atoms with Crippen LogP contribution in [0.2, 0.25) is 0 Å². The molecule has 2 heterocycles. The Kier molecular flexibility index (Phi) is 4.41. The number of halogens is 1. The van der Waals surface area contributed by atoms with Gasteiger partial charge in [0.05, 0.1) is 4.47 Å². The summed E-state index contributed by atoms with van der Waals surface area (Å²) >= 11 is 3.57. The van der Waals surface area contributed by atoms with Gasteiger partial charge in [-0.15, -0.1) is 0 Å². The van der Waals surface area contributed by atoms with Crippen molar-refractivity contribution in [1.82, 2.24) is 14.9 Å². The molecule has 110 valence electrons. The summed E-state index contributed by atoms with van der Waals surface area (Å²) in [6, 6.07) is 0. The molecule has 1 aromatic heterocycles. The number of hydrogen-bond donors (Lipinski definition) is 1. The predicted octanol–water partition coefficient (Wildman–Crippen LogP) is 2.20. The average molecular weight is 340 g/mol. The second kappa shape index (κ2) is 6.26. The zero-order valence-corrected chi connectivity index (χ0v) is 13.6. The molecule has 0 radical (unpaired) electrons. The summed E-state index contributed by atoms with van der Waals surface area (Å²) in [6.07, 6.45) is 4.71. The van der Waals surface area contributed by atoms with Crippen molar-refractivity contribution in [2.45, 2.75) is 19.8 Å². The van der Waals surface area contributed by atoms with E-state index in [0.29, 0.717) is 5.95 Å². The molecule has 1 aliphatic heterocycles.